The van der Waals surface area contributed by atoms with E-state index in [0.29, 0.717) is 11.8 Å². The maximum absolute atomic E-state index is 12.5. The number of sulfonamides is 1. The molecule has 1 aromatic carbocycles. The van der Waals surface area contributed by atoms with E-state index in [-0.39, 0.29) is 21.6 Å². The van der Waals surface area contributed by atoms with Crippen LogP contribution in [0.1, 0.15) is 25.7 Å². The zero-order valence-electron chi connectivity index (χ0n) is 10.5. The molecule has 4 nitrogen and oxygen atoms in total. The molecule has 104 valence electrons. The number of hydrogen-bond donors (Lipinski definition) is 2. The lowest BCUT2D eigenvalue weighted by Crippen LogP contribution is -2.38. The SMILES string of the molecule is Nc1cccc(Cl)c1S(=O)(=O)NC(C1CC1)C1CC1. The highest BCUT2D eigenvalue weighted by Gasteiger charge is 2.43. The second kappa shape index (κ2) is 4.65. The summed E-state index contributed by atoms with van der Waals surface area (Å²) in [5.41, 5.74) is 5.96. The summed E-state index contributed by atoms with van der Waals surface area (Å²) < 4.78 is 27.8. The molecule has 3 N–H and O–H groups in total. The molecule has 0 aliphatic heterocycles. The third-order valence-electron chi connectivity index (χ3n) is 3.82. The van der Waals surface area contributed by atoms with E-state index in [1.165, 1.54) is 0 Å². The zero-order valence-corrected chi connectivity index (χ0v) is 12.0. The van der Waals surface area contributed by atoms with Crippen molar-refractivity contribution in [1.29, 1.82) is 0 Å². The molecule has 6 heteroatoms. The number of nitrogens with two attached hydrogens (primary N) is 1. The van der Waals surface area contributed by atoms with Gasteiger partial charge in [0.2, 0.25) is 10.0 Å². The smallest absolute Gasteiger partial charge is 0.244 e. The quantitative estimate of drug-likeness (QED) is 0.820. The minimum absolute atomic E-state index is 0.0166. The molecule has 0 amide bonds. The molecule has 2 aliphatic rings. The number of nitrogen functional groups attached to an aromatic ring is 1. The van der Waals surface area contributed by atoms with Crippen molar-refractivity contribution in [2.45, 2.75) is 36.6 Å². The van der Waals surface area contributed by atoms with Gasteiger partial charge in [-0.2, -0.15) is 0 Å². The molecule has 2 fully saturated rings. The van der Waals surface area contributed by atoms with Gasteiger partial charge in [0.05, 0.1) is 10.7 Å². The van der Waals surface area contributed by atoms with Gasteiger partial charge in [-0.25, -0.2) is 13.1 Å². The molecule has 19 heavy (non-hydrogen) atoms. The van der Waals surface area contributed by atoms with Gasteiger partial charge in [0.1, 0.15) is 4.90 Å². The van der Waals surface area contributed by atoms with Crippen LogP contribution in [0.25, 0.3) is 0 Å². The summed E-state index contributed by atoms with van der Waals surface area (Å²) >= 11 is 5.99. The van der Waals surface area contributed by atoms with Gasteiger partial charge in [0, 0.05) is 6.04 Å². The van der Waals surface area contributed by atoms with Crippen molar-refractivity contribution in [3.05, 3.63) is 23.2 Å². The van der Waals surface area contributed by atoms with E-state index < -0.39 is 10.0 Å². The summed E-state index contributed by atoms with van der Waals surface area (Å²) in [6.07, 6.45) is 4.45. The first-order chi connectivity index (χ1) is 8.99. The summed E-state index contributed by atoms with van der Waals surface area (Å²) in [6, 6.07) is 4.82. The van der Waals surface area contributed by atoms with Gasteiger partial charge in [0.15, 0.2) is 0 Å². The van der Waals surface area contributed by atoms with Crippen LogP contribution in [0.15, 0.2) is 23.1 Å². The summed E-state index contributed by atoms with van der Waals surface area (Å²) in [7, 11) is -3.64. The van der Waals surface area contributed by atoms with Crippen LogP contribution in [0.2, 0.25) is 5.02 Å². The Kier molecular flexibility index (Phi) is 3.23. The fraction of sp³-hybridized carbons (Fsp3) is 0.538. The monoisotopic (exact) mass is 300 g/mol. The predicted octanol–water partition coefficient (Wildman–Crippen LogP) is 2.39. The Bertz CT molecular complexity index is 562. The maximum atomic E-state index is 12.5. The highest BCUT2D eigenvalue weighted by Crippen LogP contribution is 2.45. The van der Waals surface area contributed by atoms with Crippen LogP contribution < -0.4 is 10.5 Å². The van der Waals surface area contributed by atoms with Crippen LogP contribution in [-0.4, -0.2) is 14.5 Å². The van der Waals surface area contributed by atoms with Crippen LogP contribution in [-0.2, 0) is 10.0 Å². The van der Waals surface area contributed by atoms with Crippen LogP contribution in [0.4, 0.5) is 5.69 Å². The Labute approximate surface area is 118 Å². The minimum Gasteiger partial charge on any atom is -0.398 e. The molecular weight excluding hydrogens is 284 g/mol. The van der Waals surface area contributed by atoms with Crippen LogP contribution in [0, 0.1) is 11.8 Å². The number of rotatable bonds is 5. The molecule has 0 saturated heterocycles. The van der Waals surface area contributed by atoms with Crippen molar-refractivity contribution < 1.29 is 8.42 Å². The number of nitrogens with one attached hydrogen (secondary N) is 1. The van der Waals surface area contributed by atoms with E-state index in [1.807, 2.05) is 0 Å². The van der Waals surface area contributed by atoms with Crippen LogP contribution in [0.5, 0.6) is 0 Å². The lowest BCUT2D eigenvalue weighted by molar-refractivity contribution is 0.471. The fourth-order valence-electron chi connectivity index (χ4n) is 2.54. The first kappa shape index (κ1) is 13.2. The lowest BCUT2D eigenvalue weighted by atomic mass is 10.1. The van der Waals surface area contributed by atoms with Gasteiger partial charge in [0.25, 0.3) is 0 Å². The largest absolute Gasteiger partial charge is 0.398 e. The first-order valence-electron chi connectivity index (χ1n) is 6.55. The Balaban J connectivity index is 1.89. The molecule has 0 atom stereocenters. The molecule has 0 heterocycles. The highest BCUT2D eigenvalue weighted by atomic mass is 35.5. The zero-order chi connectivity index (χ0) is 13.6. The van der Waals surface area contributed by atoms with Crippen molar-refractivity contribution in [2.75, 3.05) is 5.73 Å². The lowest BCUT2D eigenvalue weighted by Gasteiger charge is -2.19. The predicted molar refractivity (Wildman–Crippen MR) is 75.4 cm³/mol. The van der Waals surface area contributed by atoms with Crippen LogP contribution >= 0.6 is 11.6 Å². The minimum atomic E-state index is -3.64. The average Bonchev–Trinajstić information content (AvgIpc) is 3.18. The van der Waals surface area contributed by atoms with Crippen molar-refractivity contribution in [3.63, 3.8) is 0 Å². The van der Waals surface area contributed by atoms with E-state index >= 15 is 0 Å². The van der Waals surface area contributed by atoms with E-state index in [2.05, 4.69) is 4.72 Å². The molecule has 3 rings (SSSR count). The standard InChI is InChI=1S/C13H17ClN2O2S/c14-10-2-1-3-11(15)13(10)19(17,18)16-12(8-4-5-8)9-6-7-9/h1-3,8-9,12,16H,4-7,15H2. The van der Waals surface area contributed by atoms with Gasteiger partial charge in [-0.15, -0.1) is 0 Å². The van der Waals surface area contributed by atoms with Crippen molar-refractivity contribution in [3.8, 4) is 0 Å². The molecule has 0 aromatic heterocycles. The van der Waals surface area contributed by atoms with E-state index in [9.17, 15) is 8.42 Å². The van der Waals surface area contributed by atoms with Gasteiger partial charge in [-0.05, 0) is 49.7 Å². The molecular formula is C13H17ClN2O2S. The highest BCUT2D eigenvalue weighted by molar-refractivity contribution is 7.89. The van der Waals surface area contributed by atoms with Gasteiger partial charge in [-0.3, -0.25) is 0 Å². The van der Waals surface area contributed by atoms with Gasteiger partial charge in [-0.1, -0.05) is 17.7 Å². The summed E-state index contributed by atoms with van der Waals surface area (Å²) in [6.45, 7) is 0. The molecule has 1 aromatic rings. The normalized spacial score (nSPS) is 19.9. The third-order valence-corrected chi connectivity index (χ3v) is 5.82. The van der Waals surface area contributed by atoms with Gasteiger partial charge >= 0.3 is 0 Å². The maximum Gasteiger partial charge on any atom is 0.244 e. The summed E-state index contributed by atoms with van der Waals surface area (Å²) in [5.74, 6) is 0.983. The van der Waals surface area contributed by atoms with E-state index in [4.69, 9.17) is 17.3 Å². The fourth-order valence-corrected chi connectivity index (χ4v) is 4.59. The number of benzene rings is 1. The van der Waals surface area contributed by atoms with Crippen molar-refractivity contribution >= 4 is 27.3 Å². The average molecular weight is 301 g/mol. The molecule has 0 unspecified atom stereocenters. The molecule has 0 radical (unpaired) electrons. The molecule has 2 saturated carbocycles. The Hall–Kier alpha value is -0.780. The van der Waals surface area contributed by atoms with E-state index in [1.54, 1.807) is 18.2 Å². The van der Waals surface area contributed by atoms with Crippen molar-refractivity contribution in [2.24, 2.45) is 11.8 Å². The second-order valence-electron chi connectivity index (χ2n) is 5.48. The Morgan fingerprint density at radius 1 is 1.21 bits per heavy atom. The molecule has 0 bridgehead atoms. The first-order valence-corrected chi connectivity index (χ1v) is 8.41. The second-order valence-corrected chi connectivity index (χ2v) is 7.54. The number of halogens is 1. The molecule has 0 spiro atoms. The third kappa shape index (κ3) is 2.73. The molecule has 2 aliphatic carbocycles. The van der Waals surface area contributed by atoms with Crippen LogP contribution in [0.3, 0.4) is 0 Å². The Morgan fingerprint density at radius 2 is 1.79 bits per heavy atom. The van der Waals surface area contributed by atoms with Gasteiger partial charge < -0.3 is 5.73 Å². The topological polar surface area (TPSA) is 72.2 Å². The van der Waals surface area contributed by atoms with Crippen molar-refractivity contribution in [1.82, 2.24) is 4.72 Å². The number of anilines is 1. The summed E-state index contributed by atoms with van der Waals surface area (Å²) in [4.78, 5) is 0.0166. The summed E-state index contributed by atoms with van der Waals surface area (Å²) in [5, 5.41) is 0.179. The number of hydrogen-bond acceptors (Lipinski definition) is 3. The van der Waals surface area contributed by atoms with E-state index in [0.717, 1.165) is 25.7 Å². The Morgan fingerprint density at radius 3 is 2.26 bits per heavy atom.